The van der Waals surface area contributed by atoms with Crippen molar-refractivity contribution >= 4 is 28.6 Å². The highest BCUT2D eigenvalue weighted by molar-refractivity contribution is 7.14. The molecule has 0 atom stereocenters. The molecule has 2 aromatic rings. The Bertz CT molecular complexity index is 468. The Morgan fingerprint density at radius 3 is 2.79 bits per heavy atom. The molecule has 6 heteroatoms. The summed E-state index contributed by atoms with van der Waals surface area (Å²) in [7, 11) is 0. The average molecular weight is 227 g/mol. The molecule has 0 aliphatic rings. The fraction of sp³-hybridized carbons (Fsp3) is 0.125. The first kappa shape index (κ1) is 9.36. The van der Waals surface area contributed by atoms with Crippen LogP contribution in [-0.4, -0.2) is 15.2 Å². The Morgan fingerprint density at radius 1 is 1.43 bits per heavy atom. The molecule has 0 saturated carbocycles. The van der Waals surface area contributed by atoms with Gasteiger partial charge in [0.1, 0.15) is 10.2 Å². The van der Waals surface area contributed by atoms with Crippen molar-refractivity contribution in [1.29, 1.82) is 0 Å². The molecule has 0 spiro atoms. The number of aromatic nitrogens is 3. The average Bonchev–Trinajstić information content (AvgIpc) is 2.51. The number of halogens is 1. The molecule has 0 fully saturated rings. The number of hydrogen-bond donors (Lipinski definition) is 1. The van der Waals surface area contributed by atoms with Gasteiger partial charge in [-0.2, -0.15) is 0 Å². The van der Waals surface area contributed by atoms with Crippen molar-refractivity contribution < 1.29 is 0 Å². The number of nitrogens with two attached hydrogens (primary N) is 1. The summed E-state index contributed by atoms with van der Waals surface area (Å²) in [6, 6.07) is 1.60. The summed E-state index contributed by atoms with van der Waals surface area (Å²) in [5, 5.41) is 9.94. The second-order valence-corrected chi connectivity index (χ2v) is 4.29. The Morgan fingerprint density at radius 2 is 2.21 bits per heavy atom. The Kier molecular flexibility index (Phi) is 2.35. The van der Waals surface area contributed by atoms with E-state index in [9.17, 15) is 0 Å². The van der Waals surface area contributed by atoms with E-state index >= 15 is 0 Å². The van der Waals surface area contributed by atoms with Crippen LogP contribution in [0.25, 0.3) is 10.6 Å². The van der Waals surface area contributed by atoms with Gasteiger partial charge in [0.25, 0.3) is 0 Å². The number of pyridine rings is 1. The minimum atomic E-state index is 0.382. The Balaban J connectivity index is 2.52. The lowest BCUT2D eigenvalue weighted by molar-refractivity contribution is 1.05. The minimum Gasteiger partial charge on any atom is -0.398 e. The molecular weight excluding hydrogens is 220 g/mol. The summed E-state index contributed by atoms with van der Waals surface area (Å²) in [5.41, 5.74) is 7.13. The number of rotatable bonds is 1. The Labute approximate surface area is 89.8 Å². The summed E-state index contributed by atoms with van der Waals surface area (Å²) < 4.78 is 0. The van der Waals surface area contributed by atoms with Crippen LogP contribution in [0.3, 0.4) is 0 Å². The summed E-state index contributed by atoms with van der Waals surface area (Å²) in [6.07, 6.45) is 1.61. The van der Waals surface area contributed by atoms with E-state index in [0.717, 1.165) is 15.6 Å². The molecule has 0 aliphatic heterocycles. The monoisotopic (exact) mass is 226 g/mol. The van der Waals surface area contributed by atoms with E-state index in [0.29, 0.717) is 10.8 Å². The van der Waals surface area contributed by atoms with Crippen LogP contribution in [0.5, 0.6) is 0 Å². The molecule has 0 aliphatic carbocycles. The van der Waals surface area contributed by atoms with Crippen molar-refractivity contribution in [1.82, 2.24) is 15.2 Å². The number of nitrogens with zero attached hydrogens (tertiary/aromatic N) is 3. The fourth-order valence-electron chi connectivity index (χ4n) is 1.03. The molecule has 0 unspecified atom stereocenters. The van der Waals surface area contributed by atoms with Crippen LogP contribution < -0.4 is 5.73 Å². The molecule has 2 N–H and O–H groups in total. The maximum atomic E-state index is 5.78. The lowest BCUT2D eigenvalue weighted by Gasteiger charge is -1.99. The van der Waals surface area contributed by atoms with Gasteiger partial charge in [-0.3, -0.25) is 0 Å². The van der Waals surface area contributed by atoms with E-state index in [2.05, 4.69) is 15.2 Å². The van der Waals surface area contributed by atoms with Crippen LogP contribution in [0.15, 0.2) is 12.3 Å². The molecule has 72 valence electrons. The normalized spacial score (nSPS) is 10.4. The smallest absolute Gasteiger partial charge is 0.151 e. The predicted octanol–water partition coefficient (Wildman–Crippen LogP) is 2.14. The Hall–Kier alpha value is -1.20. The summed E-state index contributed by atoms with van der Waals surface area (Å²) in [5.74, 6) is 0. The van der Waals surface area contributed by atoms with Gasteiger partial charge in [0.05, 0.1) is 5.56 Å². The van der Waals surface area contributed by atoms with Gasteiger partial charge in [-0.05, 0) is 13.0 Å². The van der Waals surface area contributed by atoms with Crippen LogP contribution in [0, 0.1) is 6.92 Å². The van der Waals surface area contributed by atoms with E-state index in [4.69, 9.17) is 17.3 Å². The van der Waals surface area contributed by atoms with Crippen LogP contribution in [-0.2, 0) is 0 Å². The van der Waals surface area contributed by atoms with E-state index in [-0.39, 0.29) is 0 Å². The predicted molar refractivity (Wildman–Crippen MR) is 57.3 cm³/mol. The quantitative estimate of drug-likeness (QED) is 0.757. The standard InChI is InChI=1S/C8H7ClN4S/c1-4-12-13-8(14-4)5-3-11-7(9)2-6(5)10/h2-3H,1H3,(H2,10,11). The first-order valence-electron chi connectivity index (χ1n) is 3.88. The number of nitrogen functional groups attached to an aromatic ring is 1. The van der Waals surface area contributed by atoms with E-state index in [1.807, 2.05) is 6.92 Å². The van der Waals surface area contributed by atoms with Crippen molar-refractivity contribution in [3.8, 4) is 10.6 Å². The largest absolute Gasteiger partial charge is 0.398 e. The van der Waals surface area contributed by atoms with Gasteiger partial charge in [-0.25, -0.2) is 4.98 Å². The van der Waals surface area contributed by atoms with Gasteiger partial charge >= 0.3 is 0 Å². The maximum absolute atomic E-state index is 5.78. The maximum Gasteiger partial charge on any atom is 0.151 e. The number of hydrogen-bond acceptors (Lipinski definition) is 5. The number of anilines is 1. The van der Waals surface area contributed by atoms with Crippen molar-refractivity contribution in [2.45, 2.75) is 6.92 Å². The van der Waals surface area contributed by atoms with Crippen LogP contribution >= 0.6 is 22.9 Å². The molecule has 0 aromatic carbocycles. The third kappa shape index (κ3) is 1.69. The third-order valence-electron chi connectivity index (χ3n) is 1.66. The van der Waals surface area contributed by atoms with Crippen LogP contribution in [0.2, 0.25) is 5.15 Å². The zero-order valence-electron chi connectivity index (χ0n) is 7.36. The highest BCUT2D eigenvalue weighted by Crippen LogP contribution is 2.28. The fourth-order valence-corrected chi connectivity index (χ4v) is 1.92. The molecule has 0 bridgehead atoms. The van der Waals surface area contributed by atoms with E-state index < -0.39 is 0 Å². The lowest BCUT2D eigenvalue weighted by atomic mass is 10.2. The van der Waals surface area contributed by atoms with Gasteiger partial charge in [0, 0.05) is 11.9 Å². The summed E-state index contributed by atoms with van der Waals surface area (Å²) >= 11 is 7.16. The molecule has 2 rings (SSSR count). The van der Waals surface area contributed by atoms with Gasteiger partial charge < -0.3 is 5.73 Å². The molecule has 0 amide bonds. The molecule has 2 heterocycles. The molecule has 2 aromatic heterocycles. The van der Waals surface area contributed by atoms with Crippen molar-refractivity contribution in [2.24, 2.45) is 0 Å². The first-order valence-corrected chi connectivity index (χ1v) is 5.08. The zero-order chi connectivity index (χ0) is 10.1. The molecule has 4 nitrogen and oxygen atoms in total. The van der Waals surface area contributed by atoms with Gasteiger partial charge in [0.2, 0.25) is 0 Å². The highest BCUT2D eigenvalue weighted by Gasteiger charge is 2.08. The van der Waals surface area contributed by atoms with E-state index in [1.54, 1.807) is 12.3 Å². The second-order valence-electron chi connectivity index (χ2n) is 2.72. The van der Waals surface area contributed by atoms with E-state index in [1.165, 1.54) is 11.3 Å². The topological polar surface area (TPSA) is 64.7 Å². The van der Waals surface area contributed by atoms with Gasteiger partial charge in [-0.1, -0.05) is 22.9 Å². The molecule has 0 saturated heterocycles. The highest BCUT2D eigenvalue weighted by atomic mass is 35.5. The summed E-state index contributed by atoms with van der Waals surface area (Å²) in [6.45, 7) is 1.89. The third-order valence-corrected chi connectivity index (χ3v) is 2.74. The van der Waals surface area contributed by atoms with Crippen LogP contribution in [0.1, 0.15) is 5.01 Å². The van der Waals surface area contributed by atoms with Crippen molar-refractivity contribution in [2.75, 3.05) is 5.73 Å². The lowest BCUT2D eigenvalue weighted by Crippen LogP contribution is -1.91. The second kappa shape index (κ2) is 3.51. The SMILES string of the molecule is Cc1nnc(-c2cnc(Cl)cc2N)s1. The van der Waals surface area contributed by atoms with Gasteiger partial charge in [-0.15, -0.1) is 10.2 Å². The van der Waals surface area contributed by atoms with Crippen LogP contribution in [0.4, 0.5) is 5.69 Å². The first-order chi connectivity index (χ1) is 6.66. The minimum absolute atomic E-state index is 0.382. The molecule has 14 heavy (non-hydrogen) atoms. The molecular formula is C8H7ClN4S. The molecule has 0 radical (unpaired) electrons. The summed E-state index contributed by atoms with van der Waals surface area (Å²) in [4.78, 5) is 3.95. The van der Waals surface area contributed by atoms with Crippen molar-refractivity contribution in [3.05, 3.63) is 22.4 Å². The number of aryl methyl sites for hydroxylation is 1. The van der Waals surface area contributed by atoms with Gasteiger partial charge in [0.15, 0.2) is 5.01 Å². The van der Waals surface area contributed by atoms with Crippen molar-refractivity contribution in [3.63, 3.8) is 0 Å². The zero-order valence-corrected chi connectivity index (χ0v) is 8.93.